The SMILES string of the molecule is N[C@@H](CCC(=O)O)C(=O)O.N[C@@H](CCC(=O)O)C(=O)O.N[C@H](CCC(=O)O)C(=O)O.[Au].[Au]. The minimum Gasteiger partial charge on any atom is -0.481 e. The van der Waals surface area contributed by atoms with Crippen LogP contribution in [0.25, 0.3) is 0 Å². The van der Waals surface area contributed by atoms with Gasteiger partial charge in [0.2, 0.25) is 0 Å². The molecule has 0 aliphatic heterocycles. The zero-order chi connectivity index (χ0) is 24.4. The van der Waals surface area contributed by atoms with E-state index in [1.165, 1.54) is 0 Å². The maximum Gasteiger partial charge on any atom is 0.320 e. The maximum absolute atomic E-state index is 9.99. The third-order valence-corrected chi connectivity index (χ3v) is 2.96. The largest absolute Gasteiger partial charge is 0.481 e. The smallest absolute Gasteiger partial charge is 0.320 e. The van der Waals surface area contributed by atoms with Gasteiger partial charge in [-0.1, -0.05) is 0 Å². The molecule has 0 amide bonds. The molecule has 0 fully saturated rings. The minimum atomic E-state index is -1.17. The molecule has 0 heterocycles. The molecule has 0 aromatic carbocycles. The van der Waals surface area contributed by atoms with Gasteiger partial charge in [0.05, 0.1) is 0 Å². The van der Waals surface area contributed by atoms with E-state index >= 15 is 0 Å². The van der Waals surface area contributed by atoms with E-state index in [0.717, 1.165) is 0 Å². The van der Waals surface area contributed by atoms with Gasteiger partial charge in [-0.15, -0.1) is 0 Å². The van der Waals surface area contributed by atoms with Crippen LogP contribution in [0.2, 0.25) is 0 Å². The molecular formula is C15H27Au2N3O12. The van der Waals surface area contributed by atoms with Crippen molar-refractivity contribution >= 4 is 35.8 Å². The van der Waals surface area contributed by atoms with Crippen LogP contribution < -0.4 is 17.2 Å². The van der Waals surface area contributed by atoms with Gasteiger partial charge in [-0.2, -0.15) is 0 Å². The van der Waals surface area contributed by atoms with Crippen LogP contribution in [0.15, 0.2) is 0 Å². The average molecular weight is 835 g/mol. The minimum absolute atomic E-state index is 0. The summed E-state index contributed by atoms with van der Waals surface area (Å²) in [6.07, 6.45) is -0.672. The number of rotatable bonds is 12. The van der Waals surface area contributed by atoms with Gasteiger partial charge < -0.3 is 47.8 Å². The molecule has 17 heteroatoms. The molecule has 15 nitrogen and oxygen atoms in total. The average Bonchev–Trinajstić information content (AvgIpc) is 2.62. The van der Waals surface area contributed by atoms with Gasteiger partial charge >= 0.3 is 35.8 Å². The molecule has 0 bridgehead atoms. The molecule has 0 saturated carbocycles. The second kappa shape index (κ2) is 23.8. The molecule has 12 N–H and O–H groups in total. The summed E-state index contributed by atoms with van der Waals surface area (Å²) >= 11 is 0. The Morgan fingerprint density at radius 3 is 0.719 bits per heavy atom. The first kappa shape index (κ1) is 40.5. The van der Waals surface area contributed by atoms with Crippen molar-refractivity contribution < 1.29 is 104 Å². The maximum atomic E-state index is 9.99. The number of carboxylic acid groups (broad SMARTS) is 6. The molecule has 0 aliphatic rings. The fourth-order valence-electron chi connectivity index (χ4n) is 1.21. The first-order valence-electron chi connectivity index (χ1n) is 8.22. The van der Waals surface area contributed by atoms with Crippen LogP contribution in [0, 0.1) is 0 Å². The van der Waals surface area contributed by atoms with Crippen molar-refractivity contribution in [3.63, 3.8) is 0 Å². The zero-order valence-electron chi connectivity index (χ0n) is 16.4. The summed E-state index contributed by atoms with van der Waals surface area (Å²) in [7, 11) is 0. The third-order valence-electron chi connectivity index (χ3n) is 2.96. The Balaban J connectivity index is -0.000000110. The van der Waals surface area contributed by atoms with Crippen LogP contribution in [0.5, 0.6) is 0 Å². The van der Waals surface area contributed by atoms with Crippen LogP contribution in [0.4, 0.5) is 0 Å². The molecule has 3 atom stereocenters. The van der Waals surface area contributed by atoms with Gasteiger partial charge in [-0.25, -0.2) is 0 Å². The molecule has 0 aromatic rings. The summed E-state index contributed by atoms with van der Waals surface area (Å²) in [5.74, 6) is -6.59. The molecule has 0 rings (SSSR count). The van der Waals surface area contributed by atoms with E-state index < -0.39 is 53.9 Å². The quantitative estimate of drug-likeness (QED) is 0.0942. The predicted octanol–water partition coefficient (Wildman–Crippen LogP) is -2.22. The van der Waals surface area contributed by atoms with E-state index in [2.05, 4.69) is 0 Å². The Morgan fingerprint density at radius 1 is 0.469 bits per heavy atom. The van der Waals surface area contributed by atoms with Crippen molar-refractivity contribution in [1.29, 1.82) is 0 Å². The van der Waals surface area contributed by atoms with Gasteiger partial charge in [-0.05, 0) is 19.3 Å². The number of carbonyl (C=O) groups is 6. The van der Waals surface area contributed by atoms with Crippen LogP contribution in [0.1, 0.15) is 38.5 Å². The van der Waals surface area contributed by atoms with Crippen LogP contribution in [-0.4, -0.2) is 84.6 Å². The van der Waals surface area contributed by atoms with Crippen molar-refractivity contribution in [2.75, 3.05) is 0 Å². The fraction of sp³-hybridized carbons (Fsp3) is 0.600. The standard InChI is InChI=1S/3C5H9NO4.2Au/c3*6-3(5(9)10)1-2-4(7)8;;/h3*3H,1-2,6H2,(H,7,8)(H,9,10);;/t3*3-;;/m100../s1. The second-order valence-electron chi connectivity index (χ2n) is 5.63. The van der Waals surface area contributed by atoms with E-state index in [-0.39, 0.29) is 83.3 Å². The number of carboxylic acids is 6. The van der Waals surface area contributed by atoms with Crippen molar-refractivity contribution in [3.05, 3.63) is 0 Å². The summed E-state index contributed by atoms with van der Waals surface area (Å²) < 4.78 is 0. The van der Waals surface area contributed by atoms with E-state index in [4.69, 9.17) is 47.8 Å². The number of hydrogen-bond donors (Lipinski definition) is 9. The van der Waals surface area contributed by atoms with Crippen molar-refractivity contribution in [2.45, 2.75) is 56.7 Å². The van der Waals surface area contributed by atoms with Crippen LogP contribution >= 0.6 is 0 Å². The molecular weight excluding hydrogens is 808 g/mol. The molecule has 2 radical (unpaired) electrons. The summed E-state index contributed by atoms with van der Waals surface area (Å²) in [4.78, 5) is 59.6. The van der Waals surface area contributed by atoms with Crippen LogP contribution in [0.3, 0.4) is 0 Å². The first-order valence-corrected chi connectivity index (χ1v) is 8.22. The molecule has 196 valence electrons. The van der Waals surface area contributed by atoms with Gasteiger partial charge in [0, 0.05) is 64.0 Å². The second-order valence-corrected chi connectivity index (χ2v) is 5.63. The van der Waals surface area contributed by atoms with Gasteiger partial charge in [0.1, 0.15) is 18.1 Å². The molecule has 32 heavy (non-hydrogen) atoms. The topological polar surface area (TPSA) is 302 Å². The predicted molar refractivity (Wildman–Crippen MR) is 97.4 cm³/mol. The Bertz CT molecular complexity index is 525. The third kappa shape index (κ3) is 32.8. The Kier molecular flexibility index (Phi) is 30.2. The Hall–Kier alpha value is -1.82. The molecule has 0 aliphatic carbocycles. The Morgan fingerprint density at radius 2 is 0.625 bits per heavy atom. The molecule has 0 unspecified atom stereocenters. The summed E-state index contributed by atoms with van der Waals surface area (Å²) in [6, 6.07) is -3.18. The van der Waals surface area contributed by atoms with E-state index in [9.17, 15) is 28.8 Å². The summed E-state index contributed by atoms with van der Waals surface area (Å²) in [5, 5.41) is 48.8. The van der Waals surface area contributed by atoms with Gasteiger partial charge in [-0.3, -0.25) is 28.8 Å². The first-order chi connectivity index (χ1) is 13.6. The van der Waals surface area contributed by atoms with Gasteiger partial charge in [0.25, 0.3) is 0 Å². The van der Waals surface area contributed by atoms with Crippen molar-refractivity contribution in [2.24, 2.45) is 17.2 Å². The number of nitrogens with two attached hydrogens (primary N) is 3. The van der Waals surface area contributed by atoms with E-state index in [1.54, 1.807) is 0 Å². The molecule has 0 spiro atoms. The summed E-state index contributed by atoms with van der Waals surface area (Å²) in [5.41, 5.74) is 15.0. The van der Waals surface area contributed by atoms with E-state index in [0.29, 0.717) is 0 Å². The number of hydrogen-bond acceptors (Lipinski definition) is 9. The molecule has 0 aromatic heterocycles. The van der Waals surface area contributed by atoms with E-state index in [1.807, 2.05) is 0 Å². The summed E-state index contributed by atoms with van der Waals surface area (Å²) in [6.45, 7) is 0. The molecule has 0 saturated heterocycles. The van der Waals surface area contributed by atoms with Crippen LogP contribution in [-0.2, 0) is 73.5 Å². The fourth-order valence-corrected chi connectivity index (χ4v) is 1.21. The Labute approximate surface area is 213 Å². The monoisotopic (exact) mass is 835 g/mol. The zero-order valence-corrected chi connectivity index (χ0v) is 20.8. The van der Waals surface area contributed by atoms with Crippen molar-refractivity contribution in [3.8, 4) is 0 Å². The van der Waals surface area contributed by atoms with Crippen molar-refractivity contribution in [1.82, 2.24) is 0 Å². The van der Waals surface area contributed by atoms with Gasteiger partial charge in [0.15, 0.2) is 0 Å². The normalized spacial score (nSPS) is 11.7. The number of aliphatic carboxylic acids is 6.